The molecule has 0 bridgehead atoms. The molecule has 1 aromatic heterocycles. The van der Waals surface area contributed by atoms with E-state index < -0.39 is 0 Å². The van der Waals surface area contributed by atoms with Gasteiger partial charge in [-0.1, -0.05) is 13.8 Å². The van der Waals surface area contributed by atoms with Crippen molar-refractivity contribution in [1.82, 2.24) is 0 Å². The van der Waals surface area contributed by atoms with Crippen LogP contribution < -0.4 is 5.73 Å². The van der Waals surface area contributed by atoms with E-state index in [1.54, 1.807) is 0 Å². The van der Waals surface area contributed by atoms with Crippen molar-refractivity contribution in [2.24, 2.45) is 5.92 Å². The third kappa shape index (κ3) is 1.67. The van der Waals surface area contributed by atoms with Gasteiger partial charge in [-0.3, -0.25) is 4.79 Å². The second-order valence-electron chi connectivity index (χ2n) is 3.18. The first-order chi connectivity index (χ1) is 5.52. The molecule has 0 saturated carbocycles. The van der Waals surface area contributed by atoms with Crippen LogP contribution >= 0.6 is 11.3 Å². The van der Waals surface area contributed by atoms with Crippen LogP contribution in [0.2, 0.25) is 0 Å². The summed E-state index contributed by atoms with van der Waals surface area (Å²) in [4.78, 5) is 12.3. The molecule has 0 aliphatic carbocycles. The molecule has 0 spiro atoms. The number of ketones is 1. The zero-order valence-corrected chi connectivity index (χ0v) is 8.37. The Morgan fingerprint density at radius 2 is 2.17 bits per heavy atom. The molecule has 1 aromatic rings. The van der Waals surface area contributed by atoms with E-state index in [0.29, 0.717) is 0 Å². The number of Topliss-reactive ketones (excluding diaryl/α,β-unsaturated/α-hetero) is 1. The van der Waals surface area contributed by atoms with Crippen LogP contribution in [-0.2, 0) is 0 Å². The number of carbonyl (C=O) groups is 1. The first kappa shape index (κ1) is 9.26. The molecule has 66 valence electrons. The van der Waals surface area contributed by atoms with E-state index in [0.717, 1.165) is 15.4 Å². The van der Waals surface area contributed by atoms with E-state index in [1.165, 1.54) is 11.3 Å². The first-order valence-electron chi connectivity index (χ1n) is 3.92. The number of thiophene rings is 1. The van der Waals surface area contributed by atoms with Gasteiger partial charge in [0.25, 0.3) is 0 Å². The number of nitrogens with two attached hydrogens (primary N) is 1. The van der Waals surface area contributed by atoms with Crippen molar-refractivity contribution in [2.75, 3.05) is 5.73 Å². The molecule has 2 N–H and O–H groups in total. The van der Waals surface area contributed by atoms with E-state index in [4.69, 9.17) is 5.73 Å². The van der Waals surface area contributed by atoms with E-state index in [9.17, 15) is 4.79 Å². The second-order valence-corrected chi connectivity index (χ2v) is 4.26. The number of hydrogen-bond donors (Lipinski definition) is 1. The van der Waals surface area contributed by atoms with Crippen molar-refractivity contribution < 1.29 is 4.79 Å². The Kier molecular flexibility index (Phi) is 2.52. The van der Waals surface area contributed by atoms with Crippen LogP contribution in [0.3, 0.4) is 0 Å². The molecule has 0 saturated heterocycles. The lowest BCUT2D eigenvalue weighted by molar-refractivity contribution is 0.0943. The van der Waals surface area contributed by atoms with Gasteiger partial charge >= 0.3 is 0 Å². The summed E-state index contributed by atoms with van der Waals surface area (Å²) in [5, 5.41) is 0.719. The minimum Gasteiger partial charge on any atom is -0.391 e. The van der Waals surface area contributed by atoms with Crippen molar-refractivity contribution in [1.29, 1.82) is 0 Å². The Morgan fingerprint density at radius 1 is 1.58 bits per heavy atom. The lowest BCUT2D eigenvalue weighted by Gasteiger charge is -2.01. The fourth-order valence-corrected chi connectivity index (χ4v) is 2.04. The van der Waals surface area contributed by atoms with E-state index >= 15 is 0 Å². The topological polar surface area (TPSA) is 43.1 Å². The van der Waals surface area contributed by atoms with Crippen LogP contribution in [0.25, 0.3) is 0 Å². The molecule has 0 aliphatic heterocycles. The molecule has 3 heteroatoms. The maximum absolute atomic E-state index is 11.5. The van der Waals surface area contributed by atoms with Gasteiger partial charge in [0.1, 0.15) is 0 Å². The van der Waals surface area contributed by atoms with Gasteiger partial charge in [0.05, 0.1) is 9.88 Å². The lowest BCUT2D eigenvalue weighted by Crippen LogP contribution is -2.06. The number of aryl methyl sites for hydroxylation is 1. The molecule has 2 nitrogen and oxygen atoms in total. The highest BCUT2D eigenvalue weighted by Crippen LogP contribution is 2.25. The summed E-state index contributed by atoms with van der Waals surface area (Å²) < 4.78 is 0. The van der Waals surface area contributed by atoms with Crippen LogP contribution in [-0.4, -0.2) is 5.78 Å². The normalized spacial score (nSPS) is 10.7. The SMILES string of the molecule is Cc1cc(N)sc1C(=O)C(C)C. The standard InChI is InChI=1S/C9H13NOS/c1-5(2)8(11)9-6(3)4-7(10)12-9/h4-5H,10H2,1-3H3. The first-order valence-corrected chi connectivity index (χ1v) is 4.74. The molecule has 0 atom stereocenters. The van der Waals surface area contributed by atoms with Gasteiger partial charge in [-0.15, -0.1) is 11.3 Å². The minimum atomic E-state index is 0.0572. The monoisotopic (exact) mass is 183 g/mol. The van der Waals surface area contributed by atoms with Crippen molar-refractivity contribution in [3.8, 4) is 0 Å². The predicted octanol–water partition coefficient (Wildman–Crippen LogP) is 2.48. The van der Waals surface area contributed by atoms with Gasteiger partial charge < -0.3 is 5.73 Å². The summed E-state index contributed by atoms with van der Waals surface area (Å²) in [6.45, 7) is 5.72. The summed E-state index contributed by atoms with van der Waals surface area (Å²) in [5.41, 5.74) is 6.58. The third-order valence-electron chi connectivity index (χ3n) is 1.69. The van der Waals surface area contributed by atoms with Gasteiger partial charge in [0, 0.05) is 5.92 Å². The largest absolute Gasteiger partial charge is 0.391 e. The molecular weight excluding hydrogens is 170 g/mol. The van der Waals surface area contributed by atoms with Gasteiger partial charge in [0.2, 0.25) is 0 Å². The molecule has 0 radical (unpaired) electrons. The minimum absolute atomic E-state index is 0.0572. The maximum atomic E-state index is 11.5. The van der Waals surface area contributed by atoms with Gasteiger partial charge in [0.15, 0.2) is 5.78 Å². The fraction of sp³-hybridized carbons (Fsp3) is 0.444. The molecule has 0 unspecified atom stereocenters. The molecular formula is C9H13NOS. The number of nitrogen functional groups attached to an aromatic ring is 1. The van der Waals surface area contributed by atoms with Crippen LogP contribution in [0, 0.1) is 12.8 Å². The summed E-state index contributed by atoms with van der Waals surface area (Å²) in [5.74, 6) is 0.246. The fourth-order valence-electron chi connectivity index (χ4n) is 1.01. The van der Waals surface area contributed by atoms with Crippen molar-refractivity contribution in [2.45, 2.75) is 20.8 Å². The lowest BCUT2D eigenvalue weighted by atomic mass is 10.1. The highest BCUT2D eigenvalue weighted by atomic mass is 32.1. The maximum Gasteiger partial charge on any atom is 0.175 e. The molecule has 1 rings (SSSR count). The quantitative estimate of drug-likeness (QED) is 0.716. The number of rotatable bonds is 2. The molecule has 0 amide bonds. The van der Waals surface area contributed by atoms with Crippen molar-refractivity contribution in [3.05, 3.63) is 16.5 Å². The average molecular weight is 183 g/mol. The predicted molar refractivity (Wildman–Crippen MR) is 52.6 cm³/mol. The Morgan fingerprint density at radius 3 is 2.50 bits per heavy atom. The molecule has 1 heterocycles. The van der Waals surface area contributed by atoms with Crippen LogP contribution in [0.1, 0.15) is 29.1 Å². The van der Waals surface area contributed by atoms with Gasteiger partial charge in [-0.05, 0) is 18.6 Å². The Hall–Kier alpha value is -0.830. The number of hydrogen-bond acceptors (Lipinski definition) is 3. The van der Waals surface area contributed by atoms with Crippen LogP contribution in [0.15, 0.2) is 6.07 Å². The Bertz CT molecular complexity index is 301. The van der Waals surface area contributed by atoms with E-state index in [2.05, 4.69) is 0 Å². The highest BCUT2D eigenvalue weighted by molar-refractivity contribution is 7.18. The number of carbonyl (C=O) groups excluding carboxylic acids is 1. The molecule has 0 aromatic carbocycles. The van der Waals surface area contributed by atoms with Gasteiger partial charge in [-0.25, -0.2) is 0 Å². The van der Waals surface area contributed by atoms with Crippen molar-refractivity contribution >= 4 is 22.1 Å². The highest BCUT2D eigenvalue weighted by Gasteiger charge is 2.15. The van der Waals surface area contributed by atoms with Crippen LogP contribution in [0.5, 0.6) is 0 Å². The van der Waals surface area contributed by atoms with E-state index in [1.807, 2.05) is 26.8 Å². The molecule has 0 aliphatic rings. The van der Waals surface area contributed by atoms with E-state index in [-0.39, 0.29) is 11.7 Å². The smallest absolute Gasteiger partial charge is 0.175 e. The Balaban J connectivity index is 3.02. The molecule has 0 fully saturated rings. The van der Waals surface area contributed by atoms with Crippen molar-refractivity contribution in [3.63, 3.8) is 0 Å². The van der Waals surface area contributed by atoms with Gasteiger partial charge in [-0.2, -0.15) is 0 Å². The zero-order chi connectivity index (χ0) is 9.30. The summed E-state index contributed by atoms with van der Waals surface area (Å²) in [6.07, 6.45) is 0. The summed E-state index contributed by atoms with van der Waals surface area (Å²) in [7, 11) is 0. The zero-order valence-electron chi connectivity index (χ0n) is 7.55. The third-order valence-corrected chi connectivity index (χ3v) is 2.77. The Labute approximate surface area is 76.4 Å². The number of anilines is 1. The molecule has 12 heavy (non-hydrogen) atoms. The second kappa shape index (κ2) is 3.27. The average Bonchev–Trinajstić information content (AvgIpc) is 2.28. The summed E-state index contributed by atoms with van der Waals surface area (Å²) >= 11 is 1.38. The summed E-state index contributed by atoms with van der Waals surface area (Å²) in [6, 6.07) is 1.85. The van der Waals surface area contributed by atoms with Crippen LogP contribution in [0.4, 0.5) is 5.00 Å².